The van der Waals surface area contributed by atoms with Gasteiger partial charge in [0.2, 0.25) is 6.10 Å². The van der Waals surface area contributed by atoms with Gasteiger partial charge in [-0.1, -0.05) is 0 Å². The van der Waals surface area contributed by atoms with Crippen molar-refractivity contribution in [2.24, 2.45) is 5.92 Å². The predicted octanol–water partition coefficient (Wildman–Crippen LogP) is -0.563. The Bertz CT molecular complexity index is 346. The molecule has 2 N–H and O–H groups in total. The van der Waals surface area contributed by atoms with Crippen LogP contribution >= 0.6 is 0 Å². The van der Waals surface area contributed by atoms with Crippen LogP contribution in [0.5, 0.6) is 0 Å². The lowest BCUT2D eigenvalue weighted by Gasteiger charge is -2.11. The molecule has 0 aromatic heterocycles. The SMILES string of the molecule is O=C(O)CCC(=O)[C@H]1CC(=O)O[C@@H]1C(=O)O. The number of cyclic esters (lactones) is 1. The summed E-state index contributed by atoms with van der Waals surface area (Å²) in [5.74, 6) is -4.92. The number of carboxylic acid groups (broad SMARTS) is 2. The maximum atomic E-state index is 11.5. The number of ketones is 1. The Morgan fingerprint density at radius 2 is 1.88 bits per heavy atom. The van der Waals surface area contributed by atoms with Gasteiger partial charge in [0, 0.05) is 6.42 Å². The minimum absolute atomic E-state index is 0.291. The van der Waals surface area contributed by atoms with Crippen LogP contribution in [0, 0.1) is 5.92 Å². The molecule has 0 unspecified atom stereocenters. The van der Waals surface area contributed by atoms with Crippen LogP contribution in [-0.2, 0) is 23.9 Å². The average molecular weight is 230 g/mol. The van der Waals surface area contributed by atoms with Gasteiger partial charge < -0.3 is 14.9 Å². The summed E-state index contributed by atoms with van der Waals surface area (Å²) in [5, 5.41) is 17.0. The molecule has 0 bridgehead atoms. The van der Waals surface area contributed by atoms with Gasteiger partial charge in [0.15, 0.2) is 0 Å². The van der Waals surface area contributed by atoms with E-state index in [1.165, 1.54) is 0 Å². The van der Waals surface area contributed by atoms with Crippen LogP contribution in [0.1, 0.15) is 19.3 Å². The fraction of sp³-hybridized carbons (Fsp3) is 0.556. The third kappa shape index (κ3) is 2.78. The molecule has 1 heterocycles. The van der Waals surface area contributed by atoms with Crippen LogP contribution in [-0.4, -0.2) is 40.0 Å². The van der Waals surface area contributed by atoms with Gasteiger partial charge in [-0.25, -0.2) is 4.79 Å². The molecule has 1 aliphatic heterocycles. The zero-order chi connectivity index (χ0) is 12.3. The first-order valence-corrected chi connectivity index (χ1v) is 4.58. The third-order valence-electron chi connectivity index (χ3n) is 2.25. The smallest absolute Gasteiger partial charge is 0.345 e. The first-order chi connectivity index (χ1) is 7.41. The summed E-state index contributed by atoms with van der Waals surface area (Å²) in [6.07, 6.45) is -2.44. The van der Waals surface area contributed by atoms with Crippen molar-refractivity contribution in [1.29, 1.82) is 0 Å². The van der Waals surface area contributed by atoms with Crippen molar-refractivity contribution in [3.05, 3.63) is 0 Å². The monoisotopic (exact) mass is 230 g/mol. The Balaban J connectivity index is 2.63. The number of ether oxygens (including phenoxy) is 1. The Labute approximate surface area is 90.0 Å². The number of esters is 1. The van der Waals surface area contributed by atoms with Crippen LogP contribution in [0.15, 0.2) is 0 Å². The lowest BCUT2D eigenvalue weighted by atomic mass is 9.93. The second-order valence-electron chi connectivity index (χ2n) is 3.42. The van der Waals surface area contributed by atoms with Crippen molar-refractivity contribution in [2.45, 2.75) is 25.4 Å². The van der Waals surface area contributed by atoms with E-state index in [2.05, 4.69) is 4.74 Å². The first-order valence-electron chi connectivity index (χ1n) is 4.58. The second-order valence-corrected chi connectivity index (χ2v) is 3.42. The molecule has 0 radical (unpaired) electrons. The molecule has 7 heteroatoms. The molecule has 1 aliphatic rings. The van der Waals surface area contributed by atoms with Crippen LogP contribution in [0.3, 0.4) is 0 Å². The lowest BCUT2D eigenvalue weighted by molar-refractivity contribution is -0.159. The van der Waals surface area contributed by atoms with E-state index in [0.717, 1.165) is 0 Å². The molecular weight excluding hydrogens is 220 g/mol. The molecule has 0 aromatic carbocycles. The maximum absolute atomic E-state index is 11.5. The van der Waals surface area contributed by atoms with E-state index in [4.69, 9.17) is 10.2 Å². The standard InChI is InChI=1S/C9H10O7/c10-5(1-2-6(11)12)4-3-7(13)16-8(4)9(14)15/h4,8H,1-3H2,(H,11,12)(H,14,15)/t4-,8+/m1/s1. The quantitative estimate of drug-likeness (QED) is 0.607. The molecule has 2 atom stereocenters. The molecule has 16 heavy (non-hydrogen) atoms. The summed E-state index contributed by atoms with van der Waals surface area (Å²) in [6, 6.07) is 0. The molecule has 0 amide bonds. The van der Waals surface area contributed by atoms with Crippen molar-refractivity contribution in [2.75, 3.05) is 0 Å². The molecule has 0 aliphatic carbocycles. The Morgan fingerprint density at radius 3 is 2.38 bits per heavy atom. The van der Waals surface area contributed by atoms with Gasteiger partial charge in [-0.3, -0.25) is 14.4 Å². The van der Waals surface area contributed by atoms with Crippen molar-refractivity contribution in [3.8, 4) is 0 Å². The number of carbonyl (C=O) groups is 4. The number of Topliss-reactive ketones (excluding diaryl/α,β-unsaturated/α-hetero) is 1. The fourth-order valence-electron chi connectivity index (χ4n) is 1.48. The summed E-state index contributed by atoms with van der Waals surface area (Å²) in [7, 11) is 0. The van der Waals surface area contributed by atoms with Crippen LogP contribution in [0.2, 0.25) is 0 Å². The summed E-state index contributed by atoms with van der Waals surface area (Å²) in [6.45, 7) is 0. The van der Waals surface area contributed by atoms with E-state index in [1.54, 1.807) is 0 Å². The number of carbonyl (C=O) groups excluding carboxylic acids is 2. The fourth-order valence-corrected chi connectivity index (χ4v) is 1.48. The van der Waals surface area contributed by atoms with Crippen molar-refractivity contribution >= 4 is 23.7 Å². The Hall–Kier alpha value is -1.92. The normalized spacial score (nSPS) is 23.9. The summed E-state index contributed by atoms with van der Waals surface area (Å²) in [4.78, 5) is 43.2. The van der Waals surface area contributed by atoms with Crippen LogP contribution in [0.25, 0.3) is 0 Å². The minimum Gasteiger partial charge on any atom is -0.481 e. The number of hydrogen-bond donors (Lipinski definition) is 2. The van der Waals surface area contributed by atoms with Gasteiger partial charge >= 0.3 is 17.9 Å². The van der Waals surface area contributed by atoms with Gasteiger partial charge in [0.25, 0.3) is 0 Å². The molecule has 0 aromatic rings. The van der Waals surface area contributed by atoms with E-state index >= 15 is 0 Å². The van der Waals surface area contributed by atoms with E-state index in [1.807, 2.05) is 0 Å². The molecule has 1 fully saturated rings. The van der Waals surface area contributed by atoms with Gasteiger partial charge in [-0.15, -0.1) is 0 Å². The van der Waals surface area contributed by atoms with Gasteiger partial charge in [0.05, 0.1) is 18.8 Å². The Kier molecular flexibility index (Phi) is 3.60. The van der Waals surface area contributed by atoms with Crippen LogP contribution < -0.4 is 0 Å². The zero-order valence-electron chi connectivity index (χ0n) is 8.21. The molecule has 1 rings (SSSR count). The number of carboxylic acids is 2. The number of hydrogen-bond acceptors (Lipinski definition) is 5. The molecule has 88 valence electrons. The molecular formula is C9H10O7. The summed E-state index contributed by atoms with van der Waals surface area (Å²) in [5.41, 5.74) is 0. The van der Waals surface area contributed by atoms with Gasteiger partial charge in [0.1, 0.15) is 5.78 Å². The number of aliphatic carboxylic acids is 2. The molecule has 7 nitrogen and oxygen atoms in total. The van der Waals surface area contributed by atoms with Gasteiger partial charge in [-0.05, 0) is 0 Å². The predicted molar refractivity (Wildman–Crippen MR) is 47.5 cm³/mol. The second kappa shape index (κ2) is 4.73. The lowest BCUT2D eigenvalue weighted by Crippen LogP contribution is -2.31. The van der Waals surface area contributed by atoms with Gasteiger partial charge in [-0.2, -0.15) is 0 Å². The summed E-state index contributed by atoms with van der Waals surface area (Å²) < 4.78 is 4.46. The molecule has 1 saturated heterocycles. The maximum Gasteiger partial charge on any atom is 0.345 e. The highest BCUT2D eigenvalue weighted by Gasteiger charge is 2.43. The topological polar surface area (TPSA) is 118 Å². The molecule has 0 spiro atoms. The van der Waals surface area contributed by atoms with Crippen molar-refractivity contribution < 1.29 is 34.1 Å². The zero-order valence-corrected chi connectivity index (χ0v) is 8.21. The third-order valence-corrected chi connectivity index (χ3v) is 2.25. The largest absolute Gasteiger partial charge is 0.481 e. The minimum atomic E-state index is -1.48. The first kappa shape index (κ1) is 12.2. The average Bonchev–Trinajstić information content (AvgIpc) is 2.56. The summed E-state index contributed by atoms with van der Waals surface area (Å²) >= 11 is 0. The highest BCUT2D eigenvalue weighted by Crippen LogP contribution is 2.24. The van der Waals surface area contributed by atoms with E-state index < -0.39 is 35.7 Å². The highest BCUT2D eigenvalue weighted by molar-refractivity contribution is 5.95. The molecule has 0 saturated carbocycles. The van der Waals surface area contributed by atoms with Crippen molar-refractivity contribution in [3.63, 3.8) is 0 Å². The highest BCUT2D eigenvalue weighted by atomic mass is 16.6. The Morgan fingerprint density at radius 1 is 1.25 bits per heavy atom. The van der Waals surface area contributed by atoms with E-state index in [-0.39, 0.29) is 19.3 Å². The van der Waals surface area contributed by atoms with E-state index in [9.17, 15) is 19.2 Å². The number of rotatable bonds is 5. The van der Waals surface area contributed by atoms with E-state index in [0.29, 0.717) is 0 Å². The van der Waals surface area contributed by atoms with Crippen LogP contribution in [0.4, 0.5) is 0 Å². The van der Waals surface area contributed by atoms with Crippen molar-refractivity contribution in [1.82, 2.24) is 0 Å².